The van der Waals surface area contributed by atoms with E-state index in [1.807, 2.05) is 49.4 Å². The van der Waals surface area contributed by atoms with E-state index in [9.17, 15) is 0 Å². The molecule has 0 atom stereocenters. The first-order valence-electron chi connectivity index (χ1n) is 7.15. The first-order valence-corrected chi connectivity index (χ1v) is 8.52. The Morgan fingerprint density at radius 3 is 2.70 bits per heavy atom. The number of aromatic nitrogens is 4. The lowest BCUT2D eigenvalue weighted by Crippen LogP contribution is -1.99. The molecule has 7 heteroatoms. The number of halogens is 1. The zero-order valence-corrected chi connectivity index (χ0v) is 14.1. The highest BCUT2D eigenvalue weighted by Gasteiger charge is 2.11. The monoisotopic (exact) mass is 346 g/mol. The highest BCUT2D eigenvalue weighted by molar-refractivity contribution is 7.98. The number of para-hydroxylation sites is 1. The van der Waals surface area contributed by atoms with E-state index in [1.165, 1.54) is 0 Å². The van der Waals surface area contributed by atoms with Crippen LogP contribution in [0.25, 0.3) is 5.69 Å². The lowest BCUT2D eigenvalue weighted by Gasteiger charge is -2.09. The molecule has 23 heavy (non-hydrogen) atoms. The van der Waals surface area contributed by atoms with Gasteiger partial charge in [0.2, 0.25) is 5.16 Å². The molecule has 0 spiro atoms. The molecule has 0 amide bonds. The molecular formula is C16H15ClN4OS. The summed E-state index contributed by atoms with van der Waals surface area (Å²) in [5.74, 6) is 1.62. The normalized spacial score (nSPS) is 10.7. The van der Waals surface area contributed by atoms with Crippen LogP contribution in [0.2, 0.25) is 5.02 Å². The van der Waals surface area contributed by atoms with Crippen LogP contribution in [0.15, 0.2) is 53.7 Å². The smallest absolute Gasteiger partial charge is 0.214 e. The molecule has 118 valence electrons. The second kappa shape index (κ2) is 7.48. The molecule has 3 rings (SSSR count). The van der Waals surface area contributed by atoms with Gasteiger partial charge in [0, 0.05) is 16.3 Å². The van der Waals surface area contributed by atoms with Gasteiger partial charge in [0.05, 0.1) is 12.3 Å². The van der Waals surface area contributed by atoms with Crippen molar-refractivity contribution in [3.8, 4) is 11.4 Å². The van der Waals surface area contributed by atoms with Gasteiger partial charge < -0.3 is 4.74 Å². The van der Waals surface area contributed by atoms with Crippen LogP contribution in [0.4, 0.5) is 0 Å². The largest absolute Gasteiger partial charge is 0.494 e. The Hall–Kier alpha value is -2.05. The van der Waals surface area contributed by atoms with Crippen LogP contribution < -0.4 is 4.74 Å². The fraction of sp³-hybridized carbons (Fsp3) is 0.188. The van der Waals surface area contributed by atoms with Gasteiger partial charge in [0.1, 0.15) is 5.75 Å². The molecule has 0 unspecified atom stereocenters. The Bertz CT molecular complexity index is 776. The summed E-state index contributed by atoms with van der Waals surface area (Å²) in [6.07, 6.45) is 0. The Morgan fingerprint density at radius 2 is 1.91 bits per heavy atom. The lowest BCUT2D eigenvalue weighted by molar-refractivity contribution is 0.337. The van der Waals surface area contributed by atoms with Crippen molar-refractivity contribution in [1.29, 1.82) is 0 Å². The topological polar surface area (TPSA) is 52.8 Å². The third-order valence-electron chi connectivity index (χ3n) is 3.14. The summed E-state index contributed by atoms with van der Waals surface area (Å²) in [5.41, 5.74) is 1.99. The summed E-state index contributed by atoms with van der Waals surface area (Å²) in [5, 5.41) is 13.3. The van der Waals surface area contributed by atoms with Crippen molar-refractivity contribution in [2.45, 2.75) is 17.8 Å². The minimum Gasteiger partial charge on any atom is -0.494 e. The molecule has 0 saturated heterocycles. The maximum absolute atomic E-state index is 5.92. The third kappa shape index (κ3) is 3.83. The second-order valence-corrected chi connectivity index (χ2v) is 6.06. The van der Waals surface area contributed by atoms with Crippen molar-refractivity contribution in [2.24, 2.45) is 0 Å². The molecule has 1 heterocycles. The quantitative estimate of drug-likeness (QED) is 0.631. The minimum atomic E-state index is 0.643. The van der Waals surface area contributed by atoms with E-state index in [0.29, 0.717) is 11.6 Å². The molecule has 0 bridgehead atoms. The van der Waals surface area contributed by atoms with E-state index in [-0.39, 0.29) is 0 Å². The van der Waals surface area contributed by atoms with E-state index < -0.39 is 0 Å². The van der Waals surface area contributed by atoms with Crippen molar-refractivity contribution in [3.05, 3.63) is 59.1 Å². The average molecular weight is 347 g/mol. The molecule has 0 aliphatic heterocycles. The van der Waals surface area contributed by atoms with Gasteiger partial charge in [-0.3, -0.25) is 0 Å². The maximum atomic E-state index is 5.92. The van der Waals surface area contributed by atoms with Gasteiger partial charge in [-0.25, -0.2) is 0 Å². The maximum Gasteiger partial charge on any atom is 0.214 e. The van der Waals surface area contributed by atoms with Crippen LogP contribution in [0.5, 0.6) is 5.75 Å². The van der Waals surface area contributed by atoms with Crippen LogP contribution in [-0.2, 0) is 5.75 Å². The zero-order valence-electron chi connectivity index (χ0n) is 12.5. The number of hydrogen-bond donors (Lipinski definition) is 0. The second-order valence-electron chi connectivity index (χ2n) is 4.68. The first kappa shape index (κ1) is 15.8. The first-order chi connectivity index (χ1) is 11.3. The van der Waals surface area contributed by atoms with Gasteiger partial charge in [-0.1, -0.05) is 41.6 Å². The van der Waals surface area contributed by atoms with Gasteiger partial charge >= 0.3 is 0 Å². The number of thioether (sulfide) groups is 1. The van der Waals surface area contributed by atoms with E-state index in [4.69, 9.17) is 16.3 Å². The molecule has 0 aliphatic carbocycles. The molecule has 2 aromatic carbocycles. The van der Waals surface area contributed by atoms with Crippen LogP contribution in [0.3, 0.4) is 0 Å². The Morgan fingerprint density at radius 1 is 1.13 bits per heavy atom. The summed E-state index contributed by atoms with van der Waals surface area (Å²) in [7, 11) is 0. The molecule has 3 aromatic rings. The standard InChI is InChI=1S/C16H15ClN4OS/c1-2-22-15-6-4-3-5-12(15)11-23-16-18-19-20-21(16)14-9-7-13(17)8-10-14/h3-10H,2,11H2,1H3. The highest BCUT2D eigenvalue weighted by atomic mass is 35.5. The van der Waals surface area contributed by atoms with Gasteiger partial charge in [0.25, 0.3) is 0 Å². The SMILES string of the molecule is CCOc1ccccc1CSc1nnnn1-c1ccc(Cl)cc1. The molecule has 5 nitrogen and oxygen atoms in total. The third-order valence-corrected chi connectivity index (χ3v) is 4.36. The van der Waals surface area contributed by atoms with E-state index in [0.717, 1.165) is 27.9 Å². The van der Waals surface area contributed by atoms with Crippen LogP contribution >= 0.6 is 23.4 Å². The Kier molecular flexibility index (Phi) is 5.15. The van der Waals surface area contributed by atoms with E-state index >= 15 is 0 Å². The zero-order chi connectivity index (χ0) is 16.1. The van der Waals surface area contributed by atoms with Crippen LogP contribution in [0.1, 0.15) is 12.5 Å². The van der Waals surface area contributed by atoms with Gasteiger partial charge in [-0.2, -0.15) is 4.68 Å². The van der Waals surface area contributed by atoms with Gasteiger partial charge in [-0.05, 0) is 47.7 Å². The average Bonchev–Trinajstić information content (AvgIpc) is 3.03. The molecular weight excluding hydrogens is 332 g/mol. The van der Waals surface area contributed by atoms with Crippen molar-refractivity contribution in [3.63, 3.8) is 0 Å². The number of nitrogens with zero attached hydrogens (tertiary/aromatic N) is 4. The van der Waals surface area contributed by atoms with Gasteiger partial charge in [-0.15, -0.1) is 5.10 Å². The summed E-state index contributed by atoms with van der Waals surface area (Å²) in [6, 6.07) is 15.4. The molecule has 0 N–H and O–H groups in total. The number of tetrazole rings is 1. The predicted molar refractivity (Wildman–Crippen MR) is 91.3 cm³/mol. The van der Waals surface area contributed by atoms with Crippen molar-refractivity contribution in [2.75, 3.05) is 6.61 Å². The van der Waals surface area contributed by atoms with Gasteiger partial charge in [0.15, 0.2) is 0 Å². The number of hydrogen-bond acceptors (Lipinski definition) is 5. The highest BCUT2D eigenvalue weighted by Crippen LogP contribution is 2.27. The molecule has 1 aromatic heterocycles. The molecule has 0 aliphatic rings. The summed E-state index contributed by atoms with van der Waals surface area (Å²) in [6.45, 7) is 2.62. The molecule has 0 fully saturated rings. The molecule has 0 saturated carbocycles. The summed E-state index contributed by atoms with van der Waals surface area (Å²) < 4.78 is 7.35. The van der Waals surface area contributed by atoms with Crippen LogP contribution in [-0.4, -0.2) is 26.8 Å². The summed E-state index contributed by atoms with van der Waals surface area (Å²) in [4.78, 5) is 0. The Balaban J connectivity index is 1.77. The molecule has 0 radical (unpaired) electrons. The van der Waals surface area contributed by atoms with E-state index in [1.54, 1.807) is 16.4 Å². The van der Waals surface area contributed by atoms with Crippen LogP contribution in [0, 0.1) is 0 Å². The fourth-order valence-corrected chi connectivity index (χ4v) is 3.08. The van der Waals surface area contributed by atoms with Crippen molar-refractivity contribution < 1.29 is 4.74 Å². The number of benzene rings is 2. The lowest BCUT2D eigenvalue weighted by atomic mass is 10.2. The van der Waals surface area contributed by atoms with E-state index in [2.05, 4.69) is 21.6 Å². The minimum absolute atomic E-state index is 0.643. The van der Waals surface area contributed by atoms with Crippen molar-refractivity contribution >= 4 is 23.4 Å². The number of ether oxygens (including phenoxy) is 1. The fourth-order valence-electron chi connectivity index (χ4n) is 2.07. The predicted octanol–water partition coefficient (Wildman–Crippen LogP) is 4.01. The number of rotatable bonds is 6. The van der Waals surface area contributed by atoms with Crippen molar-refractivity contribution in [1.82, 2.24) is 20.2 Å². The Labute approximate surface area is 143 Å². The summed E-state index contributed by atoms with van der Waals surface area (Å²) >= 11 is 7.48.